The average molecular weight is 613 g/mol. The molecule has 0 saturated carbocycles. The molecule has 0 saturated heterocycles. The number of alkyl halides is 2. The predicted molar refractivity (Wildman–Crippen MR) is 148 cm³/mol. The van der Waals surface area contributed by atoms with Gasteiger partial charge < -0.3 is 4.74 Å². The third-order valence-corrected chi connectivity index (χ3v) is 6.63. The lowest BCUT2D eigenvalue weighted by Crippen LogP contribution is -2.25. The zero-order valence-electron chi connectivity index (χ0n) is 22.5. The van der Waals surface area contributed by atoms with Gasteiger partial charge in [-0.25, -0.2) is 36.3 Å². The fourth-order valence-corrected chi connectivity index (χ4v) is 4.43. The summed E-state index contributed by atoms with van der Waals surface area (Å²) in [6.07, 6.45) is 2.08. The number of nitrogens with zero attached hydrogens (tertiary/aromatic N) is 2. The van der Waals surface area contributed by atoms with Crippen LogP contribution >= 0.6 is 0 Å². The van der Waals surface area contributed by atoms with E-state index in [1.165, 1.54) is 12.1 Å². The monoisotopic (exact) mass is 612 g/mol. The minimum absolute atomic E-state index is 0.0408. The Kier molecular flexibility index (Phi) is 8.48. The first kappa shape index (κ1) is 30.4. The fourth-order valence-electron chi connectivity index (χ4n) is 4.43. The second-order valence-corrected chi connectivity index (χ2v) is 9.65. The van der Waals surface area contributed by atoms with Crippen molar-refractivity contribution >= 4 is 0 Å². The van der Waals surface area contributed by atoms with E-state index in [0.29, 0.717) is 47.3 Å². The average Bonchev–Trinajstić information content (AvgIpc) is 2.98. The summed E-state index contributed by atoms with van der Waals surface area (Å²) in [6, 6.07) is 10.8. The highest BCUT2D eigenvalue weighted by atomic mass is 19.3. The van der Waals surface area contributed by atoms with Crippen molar-refractivity contribution in [3.8, 4) is 39.4 Å². The molecule has 0 aliphatic carbocycles. The highest BCUT2D eigenvalue weighted by Crippen LogP contribution is 2.38. The Morgan fingerprint density at radius 2 is 1.23 bits per heavy atom. The second kappa shape index (κ2) is 12.3. The van der Waals surface area contributed by atoms with Gasteiger partial charge in [0.1, 0.15) is 28.8 Å². The first-order valence-corrected chi connectivity index (χ1v) is 13.0. The molecule has 0 unspecified atom stereocenters. The van der Waals surface area contributed by atoms with Gasteiger partial charge in [-0.05, 0) is 71.5 Å². The Bertz CT molecular complexity index is 1790. The molecule has 224 valence electrons. The van der Waals surface area contributed by atoms with Crippen LogP contribution in [0, 0.1) is 34.9 Å². The van der Waals surface area contributed by atoms with Gasteiger partial charge in [0.05, 0.1) is 0 Å². The molecule has 0 aliphatic heterocycles. The van der Waals surface area contributed by atoms with Crippen molar-refractivity contribution in [3.05, 3.63) is 138 Å². The SMILES string of the molecule is C=CCCc1cnc(-c2ccc(-c3cc(F)c(C(F)(F)Oc4ccc(-c5cc(F)c(F)c(F)c5)c(F)c4)c(F)c3)cc2)nc1. The molecule has 3 nitrogen and oxygen atoms in total. The van der Waals surface area contributed by atoms with E-state index in [1.54, 1.807) is 30.6 Å². The van der Waals surface area contributed by atoms with Crippen molar-refractivity contribution in [1.82, 2.24) is 9.97 Å². The molecular weight excluding hydrogens is 592 g/mol. The molecule has 1 aromatic heterocycles. The van der Waals surface area contributed by atoms with Crippen LogP contribution in [0.15, 0.2) is 91.8 Å². The van der Waals surface area contributed by atoms with E-state index < -0.39 is 63.5 Å². The molecule has 1 heterocycles. The van der Waals surface area contributed by atoms with Gasteiger partial charge in [-0.15, -0.1) is 6.58 Å². The number of halogens is 8. The van der Waals surface area contributed by atoms with Crippen LogP contribution < -0.4 is 4.74 Å². The maximum Gasteiger partial charge on any atom is 0.432 e. The van der Waals surface area contributed by atoms with Crippen molar-refractivity contribution < 1.29 is 39.9 Å². The Morgan fingerprint density at radius 3 is 1.80 bits per heavy atom. The molecule has 0 bridgehead atoms. The van der Waals surface area contributed by atoms with Crippen LogP contribution in [-0.2, 0) is 12.5 Å². The summed E-state index contributed by atoms with van der Waals surface area (Å²) in [5, 5.41) is 0. The Hall–Kier alpha value is -5.06. The quantitative estimate of drug-likeness (QED) is 0.0945. The highest BCUT2D eigenvalue weighted by molar-refractivity contribution is 5.68. The van der Waals surface area contributed by atoms with Crippen molar-refractivity contribution in [2.24, 2.45) is 0 Å². The van der Waals surface area contributed by atoms with Crippen LogP contribution in [0.25, 0.3) is 33.6 Å². The number of aromatic nitrogens is 2. The summed E-state index contributed by atoms with van der Waals surface area (Å²) in [4.78, 5) is 8.62. The summed E-state index contributed by atoms with van der Waals surface area (Å²) in [6.45, 7) is 3.67. The molecule has 0 aliphatic rings. The Labute approximate surface area is 246 Å². The van der Waals surface area contributed by atoms with Crippen molar-refractivity contribution in [3.63, 3.8) is 0 Å². The lowest BCUT2D eigenvalue weighted by atomic mass is 10.0. The number of ether oxygens (including phenoxy) is 1. The fraction of sp³-hybridized carbons (Fsp3) is 0.0909. The molecule has 11 heteroatoms. The lowest BCUT2D eigenvalue weighted by molar-refractivity contribution is -0.189. The minimum Gasteiger partial charge on any atom is -0.429 e. The van der Waals surface area contributed by atoms with Gasteiger partial charge in [0.25, 0.3) is 0 Å². The summed E-state index contributed by atoms with van der Waals surface area (Å²) in [5.41, 5.74) is -0.764. The molecule has 44 heavy (non-hydrogen) atoms. The largest absolute Gasteiger partial charge is 0.432 e. The summed E-state index contributed by atoms with van der Waals surface area (Å²) in [7, 11) is 0. The molecule has 0 atom stereocenters. The summed E-state index contributed by atoms with van der Waals surface area (Å²) in [5.74, 6) is -9.87. The highest BCUT2D eigenvalue weighted by Gasteiger charge is 2.41. The molecule has 0 amide bonds. The van der Waals surface area contributed by atoms with Gasteiger partial charge in [0, 0.05) is 29.6 Å². The molecule has 4 aromatic carbocycles. The van der Waals surface area contributed by atoms with Crippen molar-refractivity contribution in [1.29, 1.82) is 0 Å². The summed E-state index contributed by atoms with van der Waals surface area (Å²) < 4.78 is 119. The van der Waals surface area contributed by atoms with Gasteiger partial charge in [0.2, 0.25) is 0 Å². The van der Waals surface area contributed by atoms with E-state index >= 15 is 0 Å². The number of rotatable bonds is 9. The Balaban J connectivity index is 1.35. The van der Waals surface area contributed by atoms with Crippen LogP contribution in [0.2, 0.25) is 0 Å². The van der Waals surface area contributed by atoms with Gasteiger partial charge in [-0.3, -0.25) is 0 Å². The molecule has 5 aromatic rings. The van der Waals surface area contributed by atoms with Crippen LogP contribution in [0.4, 0.5) is 35.1 Å². The molecule has 0 fully saturated rings. The standard InChI is InChI=1S/C33H20F8N2O/c1-2-3-4-18-16-42-32(43-17-18)20-7-5-19(6-8-20)21-11-26(35)30(27(36)12-21)33(40,41)44-23-9-10-24(25(34)15-23)22-13-28(37)31(39)29(38)14-22/h2,5-17H,1,3-4H2. The maximum absolute atomic E-state index is 15.0. The molecule has 0 spiro atoms. The van der Waals surface area contributed by atoms with Gasteiger partial charge in [-0.1, -0.05) is 30.3 Å². The zero-order chi connectivity index (χ0) is 31.6. The first-order chi connectivity index (χ1) is 21.0. The van der Waals surface area contributed by atoms with Crippen LogP contribution in [-0.4, -0.2) is 9.97 Å². The van der Waals surface area contributed by atoms with Crippen molar-refractivity contribution in [2.45, 2.75) is 19.0 Å². The smallest absolute Gasteiger partial charge is 0.429 e. The topological polar surface area (TPSA) is 35.0 Å². The predicted octanol–water partition coefficient (Wildman–Crippen LogP) is 9.56. The number of benzene rings is 4. The maximum atomic E-state index is 15.0. The van der Waals surface area contributed by atoms with Gasteiger partial charge in [0.15, 0.2) is 23.3 Å². The third-order valence-electron chi connectivity index (χ3n) is 6.63. The molecule has 0 N–H and O–H groups in total. The lowest BCUT2D eigenvalue weighted by Gasteiger charge is -2.20. The van der Waals surface area contributed by atoms with E-state index in [9.17, 15) is 35.1 Å². The Morgan fingerprint density at radius 1 is 0.659 bits per heavy atom. The van der Waals surface area contributed by atoms with Gasteiger partial charge >= 0.3 is 6.11 Å². The van der Waals surface area contributed by atoms with Crippen LogP contribution in [0.3, 0.4) is 0 Å². The molecule has 5 rings (SSSR count). The number of allylic oxidation sites excluding steroid dienone is 1. The van der Waals surface area contributed by atoms with Crippen LogP contribution in [0.5, 0.6) is 5.75 Å². The number of hydrogen-bond acceptors (Lipinski definition) is 3. The van der Waals surface area contributed by atoms with E-state index in [2.05, 4.69) is 21.3 Å². The van der Waals surface area contributed by atoms with E-state index in [4.69, 9.17) is 0 Å². The minimum atomic E-state index is -4.59. The second-order valence-electron chi connectivity index (χ2n) is 9.65. The van der Waals surface area contributed by atoms with Crippen LogP contribution in [0.1, 0.15) is 17.5 Å². The van der Waals surface area contributed by atoms with E-state index in [-0.39, 0.29) is 5.56 Å². The molecular formula is C33H20F8N2O. The van der Waals surface area contributed by atoms with Crippen molar-refractivity contribution in [2.75, 3.05) is 0 Å². The summed E-state index contributed by atoms with van der Waals surface area (Å²) >= 11 is 0. The number of aryl methyl sites for hydroxylation is 1. The normalized spacial score (nSPS) is 11.5. The van der Waals surface area contributed by atoms with E-state index in [1.807, 2.05) is 0 Å². The third kappa shape index (κ3) is 6.31. The first-order valence-electron chi connectivity index (χ1n) is 13.0. The number of hydrogen-bond donors (Lipinski definition) is 0. The zero-order valence-corrected chi connectivity index (χ0v) is 22.5. The van der Waals surface area contributed by atoms with Gasteiger partial charge in [-0.2, -0.15) is 8.78 Å². The van der Waals surface area contributed by atoms with E-state index in [0.717, 1.165) is 30.5 Å². The molecule has 0 radical (unpaired) electrons.